The lowest BCUT2D eigenvalue weighted by Gasteiger charge is -2.25. The number of hydrogen-bond acceptors (Lipinski definition) is 1. The highest BCUT2D eigenvalue weighted by atomic mass is 14.9. The summed E-state index contributed by atoms with van der Waals surface area (Å²) in [7, 11) is 0. The van der Waals surface area contributed by atoms with Gasteiger partial charge in [-0.1, -0.05) is 44.2 Å². The van der Waals surface area contributed by atoms with E-state index in [1.807, 2.05) is 6.92 Å². The van der Waals surface area contributed by atoms with Crippen LogP contribution in [0.5, 0.6) is 0 Å². The Kier molecular flexibility index (Phi) is 7.22. The van der Waals surface area contributed by atoms with Crippen molar-refractivity contribution in [2.45, 2.75) is 52.0 Å². The zero-order valence-electron chi connectivity index (χ0n) is 11.9. The van der Waals surface area contributed by atoms with Crippen LogP contribution in [0, 0.1) is 11.8 Å². The van der Waals surface area contributed by atoms with Crippen molar-refractivity contribution >= 4 is 0 Å². The molecule has 0 saturated heterocycles. The van der Waals surface area contributed by atoms with Crippen LogP contribution in [0.2, 0.25) is 0 Å². The average molecular weight is 243 g/mol. The monoisotopic (exact) mass is 243 g/mol. The first-order valence-corrected chi connectivity index (χ1v) is 6.97. The average Bonchev–Trinajstić information content (AvgIpc) is 2.43. The van der Waals surface area contributed by atoms with Crippen LogP contribution in [0.4, 0.5) is 0 Å². The molecule has 0 fully saturated rings. The molecule has 0 aliphatic carbocycles. The van der Waals surface area contributed by atoms with Crippen LogP contribution in [0.3, 0.4) is 0 Å². The van der Waals surface area contributed by atoms with Crippen molar-refractivity contribution in [3.63, 3.8) is 0 Å². The van der Waals surface area contributed by atoms with Gasteiger partial charge < -0.3 is 5.32 Å². The van der Waals surface area contributed by atoms with E-state index in [9.17, 15) is 0 Å². The van der Waals surface area contributed by atoms with Crippen molar-refractivity contribution < 1.29 is 0 Å². The first kappa shape index (κ1) is 14.8. The van der Waals surface area contributed by atoms with Crippen LogP contribution in [-0.2, 0) is 0 Å². The van der Waals surface area contributed by atoms with Gasteiger partial charge in [-0.25, -0.2) is 0 Å². The molecule has 1 aromatic rings. The van der Waals surface area contributed by atoms with Gasteiger partial charge in [-0.3, -0.25) is 0 Å². The third-order valence-corrected chi connectivity index (χ3v) is 3.34. The maximum absolute atomic E-state index is 3.66. The normalized spacial score (nSPS) is 13.5. The first-order valence-electron chi connectivity index (χ1n) is 6.97. The fourth-order valence-corrected chi connectivity index (χ4v) is 2.20. The van der Waals surface area contributed by atoms with E-state index in [1.54, 1.807) is 0 Å². The number of rotatable bonds is 7. The summed E-state index contributed by atoms with van der Waals surface area (Å²) in [6, 6.07) is 11.3. The molecule has 1 rings (SSSR count). The summed E-state index contributed by atoms with van der Waals surface area (Å²) in [5, 5.41) is 3.66. The fraction of sp³-hybridized carbons (Fsp3) is 0.529. The SMILES string of the molecule is CC#CCCC(NCCC)C(C)c1ccccc1. The van der Waals surface area contributed by atoms with Crippen LogP contribution in [0.1, 0.15) is 51.5 Å². The summed E-state index contributed by atoms with van der Waals surface area (Å²) in [5.41, 5.74) is 1.41. The van der Waals surface area contributed by atoms with Crippen molar-refractivity contribution in [3.8, 4) is 11.8 Å². The molecule has 0 heterocycles. The zero-order valence-corrected chi connectivity index (χ0v) is 11.9. The van der Waals surface area contributed by atoms with Crippen LogP contribution in [0.15, 0.2) is 30.3 Å². The van der Waals surface area contributed by atoms with Crippen molar-refractivity contribution in [1.82, 2.24) is 5.32 Å². The number of benzene rings is 1. The van der Waals surface area contributed by atoms with E-state index < -0.39 is 0 Å². The van der Waals surface area contributed by atoms with Gasteiger partial charge in [0, 0.05) is 12.5 Å². The van der Waals surface area contributed by atoms with E-state index in [-0.39, 0.29) is 0 Å². The van der Waals surface area contributed by atoms with Gasteiger partial charge in [0.25, 0.3) is 0 Å². The van der Waals surface area contributed by atoms with E-state index in [4.69, 9.17) is 0 Å². The molecule has 18 heavy (non-hydrogen) atoms. The van der Waals surface area contributed by atoms with Crippen LogP contribution in [-0.4, -0.2) is 12.6 Å². The Morgan fingerprint density at radius 1 is 1.22 bits per heavy atom. The standard InChI is InChI=1S/C17H25N/c1-4-6-8-13-17(18-14-5-2)15(3)16-11-9-7-10-12-16/h7,9-12,15,17-18H,5,8,13-14H2,1-3H3. The molecule has 0 radical (unpaired) electrons. The Morgan fingerprint density at radius 2 is 1.94 bits per heavy atom. The van der Waals surface area contributed by atoms with Gasteiger partial charge in [-0.2, -0.15) is 0 Å². The molecule has 0 aliphatic rings. The predicted molar refractivity (Wildman–Crippen MR) is 79.6 cm³/mol. The molecule has 1 heteroatoms. The molecule has 0 amide bonds. The van der Waals surface area contributed by atoms with Gasteiger partial charge in [0.05, 0.1) is 0 Å². The summed E-state index contributed by atoms with van der Waals surface area (Å²) in [5.74, 6) is 6.69. The van der Waals surface area contributed by atoms with Gasteiger partial charge in [0.1, 0.15) is 0 Å². The lowest BCUT2D eigenvalue weighted by molar-refractivity contribution is 0.429. The number of hydrogen-bond donors (Lipinski definition) is 1. The fourth-order valence-electron chi connectivity index (χ4n) is 2.20. The molecule has 0 saturated carbocycles. The quantitative estimate of drug-likeness (QED) is 0.715. The Bertz CT molecular complexity index is 372. The van der Waals surface area contributed by atoms with E-state index in [2.05, 4.69) is 61.3 Å². The summed E-state index contributed by atoms with van der Waals surface area (Å²) in [6.45, 7) is 7.52. The van der Waals surface area contributed by atoms with Crippen molar-refractivity contribution in [2.75, 3.05) is 6.54 Å². The predicted octanol–water partition coefficient (Wildman–Crippen LogP) is 3.96. The highest BCUT2D eigenvalue weighted by Crippen LogP contribution is 2.21. The smallest absolute Gasteiger partial charge is 0.0142 e. The maximum atomic E-state index is 3.66. The molecule has 0 aromatic heterocycles. The molecule has 1 aromatic carbocycles. The summed E-state index contributed by atoms with van der Waals surface area (Å²) >= 11 is 0. The largest absolute Gasteiger partial charge is 0.313 e. The Balaban J connectivity index is 2.64. The maximum Gasteiger partial charge on any atom is 0.0142 e. The van der Waals surface area contributed by atoms with Gasteiger partial charge in [-0.05, 0) is 37.8 Å². The van der Waals surface area contributed by atoms with E-state index in [0.29, 0.717) is 12.0 Å². The second-order valence-electron chi connectivity index (χ2n) is 4.73. The Labute approximate surface area is 112 Å². The minimum absolute atomic E-state index is 0.521. The molecule has 0 bridgehead atoms. The Hall–Kier alpha value is -1.26. The Morgan fingerprint density at radius 3 is 2.56 bits per heavy atom. The van der Waals surface area contributed by atoms with Gasteiger partial charge in [0.15, 0.2) is 0 Å². The third kappa shape index (κ3) is 4.94. The highest BCUT2D eigenvalue weighted by Gasteiger charge is 2.17. The molecular formula is C17H25N. The summed E-state index contributed by atoms with van der Waals surface area (Å²) in [4.78, 5) is 0. The minimum Gasteiger partial charge on any atom is -0.313 e. The number of nitrogens with one attached hydrogen (secondary N) is 1. The second-order valence-corrected chi connectivity index (χ2v) is 4.73. The lowest BCUT2D eigenvalue weighted by atomic mass is 9.90. The summed E-state index contributed by atoms with van der Waals surface area (Å²) in [6.07, 6.45) is 3.28. The second kappa shape index (κ2) is 8.78. The molecule has 2 atom stereocenters. The molecule has 1 N–H and O–H groups in total. The molecule has 2 unspecified atom stereocenters. The highest BCUT2D eigenvalue weighted by molar-refractivity contribution is 5.20. The van der Waals surface area contributed by atoms with Crippen LogP contribution in [0.25, 0.3) is 0 Å². The van der Waals surface area contributed by atoms with E-state index in [0.717, 1.165) is 19.4 Å². The third-order valence-electron chi connectivity index (χ3n) is 3.34. The summed E-state index contributed by atoms with van der Waals surface area (Å²) < 4.78 is 0. The topological polar surface area (TPSA) is 12.0 Å². The molecule has 98 valence electrons. The molecule has 0 spiro atoms. The molecule has 1 nitrogen and oxygen atoms in total. The van der Waals surface area contributed by atoms with Gasteiger partial charge in [0.2, 0.25) is 0 Å². The van der Waals surface area contributed by atoms with Crippen molar-refractivity contribution in [1.29, 1.82) is 0 Å². The van der Waals surface area contributed by atoms with E-state index in [1.165, 1.54) is 12.0 Å². The zero-order chi connectivity index (χ0) is 13.2. The van der Waals surface area contributed by atoms with Crippen molar-refractivity contribution in [2.24, 2.45) is 0 Å². The van der Waals surface area contributed by atoms with E-state index >= 15 is 0 Å². The van der Waals surface area contributed by atoms with Crippen LogP contribution < -0.4 is 5.32 Å². The molecular weight excluding hydrogens is 218 g/mol. The molecule has 0 aliphatic heterocycles. The van der Waals surface area contributed by atoms with Gasteiger partial charge in [-0.15, -0.1) is 11.8 Å². The van der Waals surface area contributed by atoms with Crippen LogP contribution >= 0.6 is 0 Å². The van der Waals surface area contributed by atoms with Crippen molar-refractivity contribution in [3.05, 3.63) is 35.9 Å². The first-order chi connectivity index (χ1) is 8.79. The van der Waals surface area contributed by atoms with Gasteiger partial charge >= 0.3 is 0 Å². The lowest BCUT2D eigenvalue weighted by Crippen LogP contribution is -2.34. The minimum atomic E-state index is 0.521.